The third kappa shape index (κ3) is 4.98. The van der Waals surface area contributed by atoms with Crippen LogP contribution in [0.15, 0.2) is 65.3 Å². The van der Waals surface area contributed by atoms with Gasteiger partial charge in [0.25, 0.3) is 5.91 Å². The Bertz CT molecular complexity index is 1200. The van der Waals surface area contributed by atoms with E-state index in [1.165, 1.54) is 17.7 Å². The second kappa shape index (κ2) is 8.83. The lowest BCUT2D eigenvalue weighted by Gasteiger charge is -2.07. The lowest BCUT2D eigenvalue weighted by molar-refractivity contribution is 0.101. The Kier molecular flexibility index (Phi) is 5.79. The Labute approximate surface area is 178 Å². The molecule has 1 amide bonds. The SMILES string of the molecule is Cc1ccc(Cn2ccc(NC(=O)c3noc(C)c3COc3cccc(F)c3)n2)cc1. The molecule has 0 aliphatic rings. The van der Waals surface area contributed by atoms with E-state index in [1.807, 2.05) is 31.2 Å². The lowest BCUT2D eigenvalue weighted by Crippen LogP contribution is -2.16. The van der Waals surface area contributed by atoms with Crippen molar-refractivity contribution in [3.63, 3.8) is 0 Å². The van der Waals surface area contributed by atoms with Crippen LogP contribution in [-0.2, 0) is 13.2 Å². The van der Waals surface area contributed by atoms with Crippen molar-refractivity contribution in [2.45, 2.75) is 27.0 Å². The van der Waals surface area contributed by atoms with Gasteiger partial charge in [0.2, 0.25) is 0 Å². The van der Waals surface area contributed by atoms with Gasteiger partial charge in [0.05, 0.1) is 12.1 Å². The Morgan fingerprint density at radius 3 is 2.74 bits per heavy atom. The molecule has 0 aliphatic carbocycles. The van der Waals surface area contributed by atoms with Gasteiger partial charge in [-0.1, -0.05) is 41.1 Å². The molecule has 0 saturated heterocycles. The summed E-state index contributed by atoms with van der Waals surface area (Å²) in [4.78, 5) is 12.7. The fourth-order valence-corrected chi connectivity index (χ4v) is 3.02. The molecule has 31 heavy (non-hydrogen) atoms. The third-order valence-corrected chi connectivity index (χ3v) is 4.73. The van der Waals surface area contributed by atoms with E-state index in [2.05, 4.69) is 15.6 Å². The number of amides is 1. The number of benzene rings is 2. The summed E-state index contributed by atoms with van der Waals surface area (Å²) in [6.45, 7) is 4.33. The highest BCUT2D eigenvalue weighted by molar-refractivity contribution is 6.03. The standard InChI is InChI=1S/C23H21FN4O3/c1-15-6-8-17(9-7-15)13-28-11-10-21(26-28)25-23(29)22-20(16(2)31-27-22)14-30-19-5-3-4-18(24)12-19/h3-12H,13-14H2,1-2H3,(H,25,26,29). The van der Waals surface area contributed by atoms with Crippen LogP contribution in [0.2, 0.25) is 0 Å². The summed E-state index contributed by atoms with van der Waals surface area (Å²) >= 11 is 0. The van der Waals surface area contributed by atoms with E-state index < -0.39 is 11.7 Å². The van der Waals surface area contributed by atoms with E-state index in [0.717, 1.165) is 5.56 Å². The second-order valence-corrected chi connectivity index (χ2v) is 7.15. The normalized spacial score (nSPS) is 10.8. The van der Waals surface area contributed by atoms with Crippen molar-refractivity contribution in [3.8, 4) is 5.75 Å². The molecule has 0 bridgehead atoms. The minimum Gasteiger partial charge on any atom is -0.489 e. The molecule has 0 fully saturated rings. The average Bonchev–Trinajstić information content (AvgIpc) is 3.34. The molecule has 7 nitrogen and oxygen atoms in total. The Morgan fingerprint density at radius 1 is 1.16 bits per heavy atom. The first-order valence-electron chi connectivity index (χ1n) is 9.72. The van der Waals surface area contributed by atoms with Crippen molar-refractivity contribution >= 4 is 11.7 Å². The number of carbonyl (C=O) groups is 1. The summed E-state index contributed by atoms with van der Waals surface area (Å²) in [6, 6.07) is 15.7. The van der Waals surface area contributed by atoms with Gasteiger partial charge < -0.3 is 14.6 Å². The van der Waals surface area contributed by atoms with E-state index >= 15 is 0 Å². The Morgan fingerprint density at radius 2 is 1.97 bits per heavy atom. The van der Waals surface area contributed by atoms with Crippen LogP contribution in [0, 0.1) is 19.7 Å². The molecule has 0 spiro atoms. The highest BCUT2D eigenvalue weighted by Crippen LogP contribution is 2.19. The van der Waals surface area contributed by atoms with Gasteiger partial charge in [-0.2, -0.15) is 5.10 Å². The largest absolute Gasteiger partial charge is 0.489 e. The number of nitrogens with zero attached hydrogens (tertiary/aromatic N) is 3. The number of nitrogens with one attached hydrogen (secondary N) is 1. The summed E-state index contributed by atoms with van der Waals surface area (Å²) in [5, 5.41) is 11.0. The number of carbonyl (C=O) groups excluding carboxylic acids is 1. The van der Waals surface area contributed by atoms with Crippen molar-refractivity contribution in [3.05, 3.63) is 94.8 Å². The number of aromatic nitrogens is 3. The molecule has 0 atom stereocenters. The van der Waals surface area contributed by atoms with Crippen LogP contribution in [0.4, 0.5) is 10.2 Å². The first-order chi connectivity index (χ1) is 15.0. The van der Waals surface area contributed by atoms with E-state index in [-0.39, 0.29) is 12.3 Å². The van der Waals surface area contributed by atoms with E-state index in [1.54, 1.807) is 36.0 Å². The quantitative estimate of drug-likeness (QED) is 0.476. The van der Waals surface area contributed by atoms with Crippen LogP contribution in [0.5, 0.6) is 5.75 Å². The average molecular weight is 420 g/mol. The molecule has 4 rings (SSSR count). The van der Waals surface area contributed by atoms with Gasteiger partial charge in [-0.25, -0.2) is 4.39 Å². The Hall–Kier alpha value is -3.94. The maximum atomic E-state index is 13.3. The predicted molar refractivity (Wildman–Crippen MR) is 112 cm³/mol. The van der Waals surface area contributed by atoms with Crippen LogP contribution in [0.3, 0.4) is 0 Å². The summed E-state index contributed by atoms with van der Waals surface area (Å²) < 4.78 is 25.8. The lowest BCUT2D eigenvalue weighted by atomic mass is 10.1. The van der Waals surface area contributed by atoms with Gasteiger partial charge in [-0.05, 0) is 31.5 Å². The van der Waals surface area contributed by atoms with E-state index in [9.17, 15) is 9.18 Å². The summed E-state index contributed by atoms with van der Waals surface area (Å²) in [6.07, 6.45) is 1.79. The van der Waals surface area contributed by atoms with Crippen LogP contribution < -0.4 is 10.1 Å². The molecule has 1 N–H and O–H groups in total. The monoisotopic (exact) mass is 420 g/mol. The molecular weight excluding hydrogens is 399 g/mol. The second-order valence-electron chi connectivity index (χ2n) is 7.15. The fourth-order valence-electron chi connectivity index (χ4n) is 3.02. The van der Waals surface area contributed by atoms with E-state index in [4.69, 9.17) is 9.26 Å². The predicted octanol–water partition coefficient (Wildman–Crippen LogP) is 4.51. The molecule has 2 heterocycles. The van der Waals surface area contributed by atoms with Gasteiger partial charge in [0, 0.05) is 18.3 Å². The molecule has 0 saturated carbocycles. The Balaban J connectivity index is 1.42. The van der Waals surface area contributed by atoms with Gasteiger partial charge in [-0.15, -0.1) is 0 Å². The maximum Gasteiger partial charge on any atom is 0.279 e. The van der Waals surface area contributed by atoms with Gasteiger partial charge in [0.15, 0.2) is 11.5 Å². The molecule has 2 aromatic heterocycles. The molecule has 158 valence electrons. The minimum absolute atomic E-state index is 0.0173. The van der Waals surface area contributed by atoms with Crippen molar-refractivity contribution in [2.75, 3.05) is 5.32 Å². The minimum atomic E-state index is -0.463. The van der Waals surface area contributed by atoms with Crippen molar-refractivity contribution < 1.29 is 18.4 Å². The van der Waals surface area contributed by atoms with Crippen LogP contribution in [0.25, 0.3) is 0 Å². The summed E-state index contributed by atoms with van der Waals surface area (Å²) in [7, 11) is 0. The highest BCUT2D eigenvalue weighted by atomic mass is 19.1. The molecule has 8 heteroatoms. The van der Waals surface area contributed by atoms with Crippen LogP contribution >= 0.6 is 0 Å². The number of rotatable bonds is 7. The number of ether oxygens (including phenoxy) is 1. The van der Waals surface area contributed by atoms with Crippen molar-refractivity contribution in [1.82, 2.24) is 14.9 Å². The van der Waals surface area contributed by atoms with Crippen molar-refractivity contribution in [1.29, 1.82) is 0 Å². The smallest absolute Gasteiger partial charge is 0.279 e. The first-order valence-corrected chi connectivity index (χ1v) is 9.72. The number of anilines is 1. The zero-order chi connectivity index (χ0) is 21.8. The first kappa shape index (κ1) is 20.3. The van der Waals surface area contributed by atoms with Crippen LogP contribution in [0.1, 0.15) is 32.9 Å². The summed E-state index contributed by atoms with van der Waals surface area (Å²) in [5.74, 6) is 0.331. The maximum absolute atomic E-state index is 13.3. The topological polar surface area (TPSA) is 82.2 Å². The van der Waals surface area contributed by atoms with Gasteiger partial charge in [-0.3, -0.25) is 9.48 Å². The zero-order valence-electron chi connectivity index (χ0n) is 17.1. The number of hydrogen-bond donors (Lipinski definition) is 1. The zero-order valence-corrected chi connectivity index (χ0v) is 17.1. The summed E-state index contributed by atoms with van der Waals surface area (Å²) in [5.41, 5.74) is 2.88. The third-order valence-electron chi connectivity index (χ3n) is 4.73. The van der Waals surface area contributed by atoms with E-state index in [0.29, 0.717) is 29.4 Å². The molecule has 0 aliphatic heterocycles. The number of halogens is 1. The molecule has 2 aromatic carbocycles. The van der Waals surface area contributed by atoms with Crippen LogP contribution in [-0.4, -0.2) is 20.8 Å². The molecule has 0 unspecified atom stereocenters. The number of hydrogen-bond acceptors (Lipinski definition) is 5. The molecule has 0 radical (unpaired) electrons. The van der Waals surface area contributed by atoms with Crippen molar-refractivity contribution in [2.24, 2.45) is 0 Å². The highest BCUT2D eigenvalue weighted by Gasteiger charge is 2.21. The number of aryl methyl sites for hydroxylation is 2. The molecule has 4 aromatic rings. The van der Waals surface area contributed by atoms with Gasteiger partial charge >= 0.3 is 0 Å². The molecular formula is C23H21FN4O3. The van der Waals surface area contributed by atoms with Gasteiger partial charge in [0.1, 0.15) is 23.9 Å². The fraction of sp³-hybridized carbons (Fsp3) is 0.174.